The zero-order valence-electron chi connectivity index (χ0n) is 7.47. The molecule has 0 N–H and O–H groups in total. The molecule has 68 valence electrons. The van der Waals surface area contributed by atoms with Gasteiger partial charge in [0, 0.05) is 24.7 Å². The third kappa shape index (κ3) is 10.3. The molecule has 0 aliphatic rings. The van der Waals surface area contributed by atoms with Gasteiger partial charge >= 0.3 is 0 Å². The van der Waals surface area contributed by atoms with Gasteiger partial charge in [-0.1, -0.05) is 0 Å². The Bertz CT molecular complexity index is 61.1. The van der Waals surface area contributed by atoms with E-state index in [1.54, 1.807) is 0 Å². The van der Waals surface area contributed by atoms with Crippen LogP contribution in [0.1, 0.15) is 13.8 Å². The van der Waals surface area contributed by atoms with Crippen LogP contribution in [0.15, 0.2) is 0 Å². The van der Waals surface area contributed by atoms with Crippen LogP contribution >= 0.6 is 11.8 Å². The van der Waals surface area contributed by atoms with Gasteiger partial charge in [0.05, 0.1) is 13.2 Å². The predicted octanol–water partition coefficient (Wildman–Crippen LogP) is 1.79. The van der Waals surface area contributed by atoms with Crippen molar-refractivity contribution in [1.82, 2.24) is 0 Å². The highest BCUT2D eigenvalue weighted by Gasteiger charge is 1.88. The zero-order chi connectivity index (χ0) is 8.36. The Hall–Kier alpha value is 0.270. The maximum absolute atomic E-state index is 5.18. The van der Waals surface area contributed by atoms with Crippen LogP contribution in [-0.2, 0) is 9.47 Å². The van der Waals surface area contributed by atoms with Crippen molar-refractivity contribution in [3.63, 3.8) is 0 Å². The van der Waals surface area contributed by atoms with Gasteiger partial charge < -0.3 is 9.47 Å². The molecule has 0 aliphatic carbocycles. The molecular formula is C8H18O2S. The molecule has 0 spiro atoms. The summed E-state index contributed by atoms with van der Waals surface area (Å²) in [5.74, 6) is 2.17. The van der Waals surface area contributed by atoms with Gasteiger partial charge in [0.15, 0.2) is 0 Å². The average Bonchev–Trinajstić information content (AvgIpc) is 2.03. The molecule has 0 unspecified atom stereocenters. The van der Waals surface area contributed by atoms with E-state index >= 15 is 0 Å². The van der Waals surface area contributed by atoms with Crippen LogP contribution in [0.4, 0.5) is 0 Å². The molecule has 3 heteroatoms. The van der Waals surface area contributed by atoms with Crippen LogP contribution in [0.25, 0.3) is 0 Å². The second kappa shape index (κ2) is 10.3. The van der Waals surface area contributed by atoms with E-state index in [0.717, 1.165) is 37.9 Å². The summed E-state index contributed by atoms with van der Waals surface area (Å²) in [5.41, 5.74) is 0. The first-order valence-corrected chi connectivity index (χ1v) is 5.30. The van der Waals surface area contributed by atoms with E-state index in [1.165, 1.54) is 0 Å². The Morgan fingerprint density at radius 1 is 0.909 bits per heavy atom. The quantitative estimate of drug-likeness (QED) is 0.528. The van der Waals surface area contributed by atoms with Crippen LogP contribution in [0.2, 0.25) is 0 Å². The molecule has 2 nitrogen and oxygen atoms in total. The summed E-state index contributed by atoms with van der Waals surface area (Å²) in [4.78, 5) is 0. The smallest absolute Gasteiger partial charge is 0.0556 e. The Balaban J connectivity index is 2.69. The molecule has 0 aromatic carbocycles. The van der Waals surface area contributed by atoms with Gasteiger partial charge in [0.2, 0.25) is 0 Å². The molecule has 11 heavy (non-hydrogen) atoms. The SMILES string of the molecule is CCOCCSCCOCC. The Morgan fingerprint density at radius 2 is 1.36 bits per heavy atom. The molecule has 0 rings (SSSR count). The van der Waals surface area contributed by atoms with E-state index in [9.17, 15) is 0 Å². The van der Waals surface area contributed by atoms with Crippen molar-refractivity contribution in [3.8, 4) is 0 Å². The normalized spacial score (nSPS) is 10.4. The maximum Gasteiger partial charge on any atom is 0.0556 e. The minimum absolute atomic E-state index is 0.825. The molecule has 0 amide bonds. The third-order valence-electron chi connectivity index (χ3n) is 1.15. The fraction of sp³-hybridized carbons (Fsp3) is 1.00. The van der Waals surface area contributed by atoms with Crippen molar-refractivity contribution in [3.05, 3.63) is 0 Å². The van der Waals surface area contributed by atoms with Crippen molar-refractivity contribution >= 4 is 11.8 Å². The van der Waals surface area contributed by atoms with Gasteiger partial charge in [0.25, 0.3) is 0 Å². The van der Waals surface area contributed by atoms with Crippen molar-refractivity contribution in [2.75, 3.05) is 37.9 Å². The highest BCUT2D eigenvalue weighted by atomic mass is 32.2. The number of thioether (sulfide) groups is 1. The lowest BCUT2D eigenvalue weighted by molar-refractivity contribution is 0.161. The first kappa shape index (κ1) is 11.3. The van der Waals surface area contributed by atoms with E-state index in [2.05, 4.69) is 0 Å². The summed E-state index contributed by atoms with van der Waals surface area (Å²) in [7, 11) is 0. The minimum atomic E-state index is 0.825. The molecule has 0 saturated heterocycles. The van der Waals surface area contributed by atoms with Crippen molar-refractivity contribution in [2.45, 2.75) is 13.8 Å². The Labute approximate surface area is 73.6 Å². The molecule has 0 radical (unpaired) electrons. The standard InChI is InChI=1S/C8H18O2S/c1-3-9-5-7-11-8-6-10-4-2/h3-8H2,1-2H3. The second-order valence-corrected chi connectivity index (χ2v) is 3.23. The summed E-state index contributed by atoms with van der Waals surface area (Å²) >= 11 is 1.88. The van der Waals surface area contributed by atoms with Gasteiger partial charge in [-0.25, -0.2) is 0 Å². The van der Waals surface area contributed by atoms with Crippen molar-refractivity contribution < 1.29 is 9.47 Å². The fourth-order valence-corrected chi connectivity index (χ4v) is 1.30. The maximum atomic E-state index is 5.18. The molecule has 0 bridgehead atoms. The van der Waals surface area contributed by atoms with Crippen LogP contribution in [0, 0.1) is 0 Å². The lowest BCUT2D eigenvalue weighted by atomic mass is 10.8. The topological polar surface area (TPSA) is 18.5 Å². The minimum Gasteiger partial charge on any atom is -0.381 e. The molecule has 0 heterocycles. The van der Waals surface area contributed by atoms with Gasteiger partial charge in [0.1, 0.15) is 0 Å². The molecular weight excluding hydrogens is 160 g/mol. The molecule has 0 saturated carbocycles. The lowest BCUT2D eigenvalue weighted by Crippen LogP contribution is -2.00. The first-order valence-electron chi connectivity index (χ1n) is 4.15. The average molecular weight is 178 g/mol. The number of hydrogen-bond donors (Lipinski definition) is 0. The van der Waals surface area contributed by atoms with E-state index in [-0.39, 0.29) is 0 Å². The van der Waals surface area contributed by atoms with E-state index < -0.39 is 0 Å². The number of ether oxygens (including phenoxy) is 2. The van der Waals surface area contributed by atoms with Gasteiger partial charge in [-0.2, -0.15) is 11.8 Å². The van der Waals surface area contributed by atoms with Crippen LogP contribution < -0.4 is 0 Å². The molecule has 0 fully saturated rings. The molecule has 0 aromatic heterocycles. The van der Waals surface area contributed by atoms with Gasteiger partial charge in [-0.15, -0.1) is 0 Å². The summed E-state index contributed by atoms with van der Waals surface area (Å²) in [6.07, 6.45) is 0. The fourth-order valence-electron chi connectivity index (χ4n) is 0.626. The summed E-state index contributed by atoms with van der Waals surface area (Å²) in [5, 5.41) is 0. The van der Waals surface area contributed by atoms with Gasteiger partial charge in [-0.3, -0.25) is 0 Å². The summed E-state index contributed by atoms with van der Waals surface area (Å²) < 4.78 is 10.4. The molecule has 0 aliphatic heterocycles. The van der Waals surface area contributed by atoms with Crippen molar-refractivity contribution in [2.24, 2.45) is 0 Å². The van der Waals surface area contributed by atoms with E-state index in [4.69, 9.17) is 9.47 Å². The number of hydrogen-bond acceptors (Lipinski definition) is 3. The van der Waals surface area contributed by atoms with Crippen molar-refractivity contribution in [1.29, 1.82) is 0 Å². The third-order valence-corrected chi connectivity index (χ3v) is 2.06. The molecule has 0 atom stereocenters. The highest BCUT2D eigenvalue weighted by Crippen LogP contribution is 1.98. The zero-order valence-corrected chi connectivity index (χ0v) is 8.28. The predicted molar refractivity (Wildman–Crippen MR) is 50.3 cm³/mol. The van der Waals surface area contributed by atoms with Crippen LogP contribution in [-0.4, -0.2) is 37.9 Å². The van der Waals surface area contributed by atoms with Crippen LogP contribution in [0.3, 0.4) is 0 Å². The monoisotopic (exact) mass is 178 g/mol. The molecule has 0 aromatic rings. The number of rotatable bonds is 8. The largest absolute Gasteiger partial charge is 0.381 e. The van der Waals surface area contributed by atoms with Crippen LogP contribution in [0.5, 0.6) is 0 Å². The highest BCUT2D eigenvalue weighted by molar-refractivity contribution is 7.99. The Morgan fingerprint density at radius 3 is 1.73 bits per heavy atom. The first-order chi connectivity index (χ1) is 5.41. The van der Waals surface area contributed by atoms with Gasteiger partial charge in [-0.05, 0) is 13.8 Å². The summed E-state index contributed by atoms with van der Waals surface area (Å²) in [6.45, 7) is 7.42. The Kier molecular flexibility index (Phi) is 10.5. The van der Waals surface area contributed by atoms with E-state index in [0.29, 0.717) is 0 Å². The summed E-state index contributed by atoms with van der Waals surface area (Å²) in [6, 6.07) is 0. The van der Waals surface area contributed by atoms with E-state index in [1.807, 2.05) is 25.6 Å². The second-order valence-electron chi connectivity index (χ2n) is 2.01. The lowest BCUT2D eigenvalue weighted by Gasteiger charge is -2.01.